The molecule has 0 spiro atoms. The quantitative estimate of drug-likeness (QED) is 0.626. The summed E-state index contributed by atoms with van der Waals surface area (Å²) in [6, 6.07) is 0.336. The number of rotatable bonds is 11. The summed E-state index contributed by atoms with van der Waals surface area (Å²) in [6.07, 6.45) is 1.00. The minimum absolute atomic E-state index is 0.336. The molecule has 7 heteroatoms. The van der Waals surface area contributed by atoms with Gasteiger partial charge in [0.05, 0.1) is 6.61 Å². The predicted molar refractivity (Wildman–Crippen MR) is 84.2 cm³/mol. The minimum atomic E-state index is 0.336. The topological polar surface area (TPSA) is 72.4 Å². The van der Waals surface area contributed by atoms with E-state index in [1.165, 1.54) is 0 Å². The second-order valence-corrected chi connectivity index (χ2v) is 4.41. The van der Waals surface area contributed by atoms with Gasteiger partial charge >= 0.3 is 6.01 Å². The van der Waals surface area contributed by atoms with Crippen LogP contribution in [0.4, 0.5) is 11.9 Å². The first-order valence-electron chi connectivity index (χ1n) is 7.70. The normalized spacial score (nSPS) is 10.5. The number of ether oxygens (including phenoxy) is 2. The second-order valence-electron chi connectivity index (χ2n) is 4.41. The van der Waals surface area contributed by atoms with Crippen LogP contribution in [-0.4, -0.2) is 54.4 Å². The lowest BCUT2D eigenvalue weighted by molar-refractivity contribution is 0.0972. The van der Waals surface area contributed by atoms with Crippen LogP contribution in [0.3, 0.4) is 0 Å². The summed E-state index contributed by atoms with van der Waals surface area (Å²) < 4.78 is 10.9. The van der Waals surface area contributed by atoms with Gasteiger partial charge < -0.3 is 19.7 Å². The third-order valence-electron chi connectivity index (χ3n) is 2.79. The number of hydrogen-bond donors (Lipinski definition) is 1. The molecule has 0 fully saturated rings. The van der Waals surface area contributed by atoms with Crippen molar-refractivity contribution in [1.29, 1.82) is 0 Å². The van der Waals surface area contributed by atoms with Crippen molar-refractivity contribution in [2.24, 2.45) is 0 Å². The highest BCUT2D eigenvalue weighted by Crippen LogP contribution is 2.14. The van der Waals surface area contributed by atoms with E-state index in [0.29, 0.717) is 31.1 Å². The van der Waals surface area contributed by atoms with Gasteiger partial charge in [-0.15, -0.1) is 0 Å². The van der Waals surface area contributed by atoms with Crippen LogP contribution >= 0.6 is 0 Å². The molecule has 1 rings (SSSR count). The fourth-order valence-electron chi connectivity index (χ4n) is 1.73. The first-order chi connectivity index (χ1) is 10.2. The van der Waals surface area contributed by atoms with E-state index in [-0.39, 0.29) is 0 Å². The van der Waals surface area contributed by atoms with Crippen molar-refractivity contribution in [3.63, 3.8) is 0 Å². The molecular formula is C14H27N5O2. The maximum atomic E-state index is 5.57. The van der Waals surface area contributed by atoms with E-state index in [2.05, 4.69) is 45.9 Å². The predicted octanol–water partition coefficient (Wildman–Crippen LogP) is 1.95. The van der Waals surface area contributed by atoms with E-state index < -0.39 is 0 Å². The molecule has 0 aromatic carbocycles. The molecule has 0 amide bonds. The first kappa shape index (κ1) is 17.4. The molecular weight excluding hydrogens is 270 g/mol. The maximum Gasteiger partial charge on any atom is 0.323 e. The Morgan fingerprint density at radius 3 is 2.33 bits per heavy atom. The van der Waals surface area contributed by atoms with Crippen molar-refractivity contribution >= 4 is 11.9 Å². The average Bonchev–Trinajstić information content (AvgIpc) is 2.48. The van der Waals surface area contributed by atoms with Gasteiger partial charge in [0.2, 0.25) is 11.9 Å². The Labute approximate surface area is 127 Å². The van der Waals surface area contributed by atoms with E-state index in [0.717, 1.165) is 32.7 Å². The van der Waals surface area contributed by atoms with Gasteiger partial charge in [-0.05, 0) is 27.2 Å². The smallest absolute Gasteiger partial charge is 0.323 e. The fraction of sp³-hybridized carbons (Fsp3) is 0.786. The molecule has 0 aliphatic rings. The van der Waals surface area contributed by atoms with Gasteiger partial charge in [0.25, 0.3) is 0 Å². The summed E-state index contributed by atoms with van der Waals surface area (Å²) in [7, 11) is 0. The second kappa shape index (κ2) is 10.1. The molecule has 0 aliphatic heterocycles. The van der Waals surface area contributed by atoms with E-state index in [9.17, 15) is 0 Å². The van der Waals surface area contributed by atoms with Crippen molar-refractivity contribution < 1.29 is 9.47 Å². The van der Waals surface area contributed by atoms with E-state index in [4.69, 9.17) is 9.47 Å². The fourth-order valence-corrected chi connectivity index (χ4v) is 1.73. The number of anilines is 2. The SMILES string of the molecule is CCCOCCOc1nc(NCC)nc(N(CC)CC)n1. The molecule has 0 radical (unpaired) electrons. The number of nitrogens with zero attached hydrogens (tertiary/aromatic N) is 4. The van der Waals surface area contributed by atoms with Crippen LogP contribution in [0.15, 0.2) is 0 Å². The van der Waals surface area contributed by atoms with Crippen molar-refractivity contribution in [2.45, 2.75) is 34.1 Å². The zero-order valence-corrected chi connectivity index (χ0v) is 13.6. The minimum Gasteiger partial charge on any atom is -0.461 e. The highest BCUT2D eigenvalue weighted by Gasteiger charge is 2.11. The van der Waals surface area contributed by atoms with Crippen LogP contribution in [0.25, 0.3) is 0 Å². The molecule has 1 heterocycles. The van der Waals surface area contributed by atoms with E-state index in [1.807, 2.05) is 6.92 Å². The van der Waals surface area contributed by atoms with Gasteiger partial charge in [0.1, 0.15) is 6.61 Å². The van der Waals surface area contributed by atoms with E-state index >= 15 is 0 Å². The molecule has 0 saturated heterocycles. The molecule has 1 N–H and O–H groups in total. The third-order valence-corrected chi connectivity index (χ3v) is 2.79. The van der Waals surface area contributed by atoms with Gasteiger partial charge in [0, 0.05) is 26.2 Å². The zero-order valence-electron chi connectivity index (χ0n) is 13.6. The van der Waals surface area contributed by atoms with Gasteiger partial charge in [0.15, 0.2) is 0 Å². The highest BCUT2D eigenvalue weighted by molar-refractivity contribution is 5.38. The van der Waals surface area contributed by atoms with Crippen LogP contribution in [-0.2, 0) is 4.74 Å². The Hall–Kier alpha value is -1.63. The van der Waals surface area contributed by atoms with Crippen molar-refractivity contribution in [3.05, 3.63) is 0 Å². The van der Waals surface area contributed by atoms with Crippen molar-refractivity contribution in [3.8, 4) is 6.01 Å². The maximum absolute atomic E-state index is 5.57. The average molecular weight is 297 g/mol. The summed E-state index contributed by atoms with van der Waals surface area (Å²) in [5.41, 5.74) is 0. The van der Waals surface area contributed by atoms with Crippen molar-refractivity contribution in [2.75, 3.05) is 49.7 Å². The summed E-state index contributed by atoms with van der Waals surface area (Å²) >= 11 is 0. The monoisotopic (exact) mass is 297 g/mol. The summed E-state index contributed by atoms with van der Waals surface area (Å²) in [6.45, 7) is 12.4. The third kappa shape index (κ3) is 6.12. The van der Waals surface area contributed by atoms with Crippen LogP contribution in [0.1, 0.15) is 34.1 Å². The molecule has 0 saturated carbocycles. The Balaban J connectivity index is 2.72. The zero-order chi connectivity index (χ0) is 15.5. The van der Waals surface area contributed by atoms with Crippen molar-refractivity contribution in [1.82, 2.24) is 15.0 Å². The van der Waals surface area contributed by atoms with Crippen LogP contribution in [0.2, 0.25) is 0 Å². The van der Waals surface area contributed by atoms with Crippen LogP contribution in [0, 0.1) is 0 Å². The number of aromatic nitrogens is 3. The van der Waals surface area contributed by atoms with E-state index in [1.54, 1.807) is 0 Å². The molecule has 0 unspecified atom stereocenters. The lowest BCUT2D eigenvalue weighted by Gasteiger charge is -2.19. The Morgan fingerprint density at radius 2 is 1.71 bits per heavy atom. The largest absolute Gasteiger partial charge is 0.461 e. The molecule has 7 nitrogen and oxygen atoms in total. The Bertz CT molecular complexity index is 399. The first-order valence-corrected chi connectivity index (χ1v) is 7.70. The molecule has 21 heavy (non-hydrogen) atoms. The number of nitrogens with one attached hydrogen (secondary N) is 1. The van der Waals surface area contributed by atoms with Gasteiger partial charge in [-0.1, -0.05) is 6.92 Å². The number of hydrogen-bond acceptors (Lipinski definition) is 7. The molecule has 0 atom stereocenters. The highest BCUT2D eigenvalue weighted by atomic mass is 16.5. The van der Waals surface area contributed by atoms with Gasteiger partial charge in [-0.25, -0.2) is 0 Å². The Morgan fingerprint density at radius 1 is 0.952 bits per heavy atom. The van der Waals surface area contributed by atoms with Crippen LogP contribution < -0.4 is 15.0 Å². The molecule has 1 aromatic rings. The van der Waals surface area contributed by atoms with Gasteiger partial charge in [-0.3, -0.25) is 0 Å². The summed E-state index contributed by atoms with van der Waals surface area (Å²) in [5.74, 6) is 1.18. The molecule has 1 aromatic heterocycles. The van der Waals surface area contributed by atoms with Gasteiger partial charge in [-0.2, -0.15) is 15.0 Å². The molecule has 0 bridgehead atoms. The van der Waals surface area contributed by atoms with Crippen LogP contribution in [0.5, 0.6) is 6.01 Å². The standard InChI is InChI=1S/C14H27N5O2/c1-5-9-20-10-11-21-14-17-12(15-6-2)16-13(18-14)19(7-3)8-4/h5-11H2,1-4H3,(H,15,16,17,18). The Kier molecular flexibility index (Phi) is 8.42. The lowest BCUT2D eigenvalue weighted by Crippen LogP contribution is -2.25. The lowest BCUT2D eigenvalue weighted by atomic mass is 10.5. The molecule has 0 aliphatic carbocycles. The summed E-state index contributed by atoms with van der Waals surface area (Å²) in [4.78, 5) is 15.1. The molecule has 120 valence electrons. The summed E-state index contributed by atoms with van der Waals surface area (Å²) in [5, 5.41) is 3.10.